The molecule has 0 aromatic rings. The van der Waals surface area contributed by atoms with E-state index in [0.29, 0.717) is 19.4 Å². The first-order valence-corrected chi connectivity index (χ1v) is 8.89. The number of hydrogen-bond donors (Lipinski definition) is 1. The maximum absolute atomic E-state index is 12.7. The van der Waals surface area contributed by atoms with Crippen LogP contribution in [-0.2, 0) is 9.59 Å². The lowest BCUT2D eigenvalue weighted by Crippen LogP contribution is -2.49. The van der Waals surface area contributed by atoms with Crippen molar-refractivity contribution in [1.29, 1.82) is 0 Å². The van der Waals surface area contributed by atoms with Crippen LogP contribution in [0.5, 0.6) is 0 Å². The fourth-order valence-corrected chi connectivity index (χ4v) is 3.65. The highest BCUT2D eigenvalue weighted by atomic mass is 16.2. The Hall–Kier alpha value is -1.59. The molecule has 1 aliphatic carbocycles. The molecule has 0 radical (unpaired) electrons. The molecule has 1 N–H and O–H groups in total. The third-order valence-corrected chi connectivity index (χ3v) is 5.14. The molecule has 0 atom stereocenters. The number of carbonyl (C=O) groups excluding carboxylic acids is 3. The molecule has 4 amide bonds. The largest absolute Gasteiger partial charge is 0.355 e. The Bertz CT molecular complexity index is 458. The zero-order chi connectivity index (χ0) is 16.9. The molecule has 2 rings (SSSR count). The molecule has 1 heterocycles. The smallest absolute Gasteiger partial charge is 0.327 e. The summed E-state index contributed by atoms with van der Waals surface area (Å²) < 4.78 is 0. The Balaban J connectivity index is 1.88. The fourth-order valence-electron chi connectivity index (χ4n) is 3.65. The average molecular weight is 323 g/mol. The van der Waals surface area contributed by atoms with Crippen LogP contribution in [0.25, 0.3) is 0 Å². The Morgan fingerprint density at radius 1 is 1.13 bits per heavy atom. The second kappa shape index (κ2) is 7.79. The van der Waals surface area contributed by atoms with Crippen molar-refractivity contribution in [2.45, 2.75) is 70.3 Å². The van der Waals surface area contributed by atoms with Crippen LogP contribution in [0.4, 0.5) is 4.79 Å². The van der Waals surface area contributed by atoms with Crippen molar-refractivity contribution in [2.24, 2.45) is 0 Å². The molecule has 6 heteroatoms. The number of carbonyl (C=O) groups is 3. The van der Waals surface area contributed by atoms with Gasteiger partial charge in [-0.25, -0.2) is 4.79 Å². The highest BCUT2D eigenvalue weighted by Gasteiger charge is 2.55. The highest BCUT2D eigenvalue weighted by molar-refractivity contribution is 6.08. The third kappa shape index (κ3) is 3.67. The molecular weight excluding hydrogens is 294 g/mol. The highest BCUT2D eigenvalue weighted by Crippen LogP contribution is 2.39. The predicted octanol–water partition coefficient (Wildman–Crippen LogP) is 2.28. The van der Waals surface area contributed by atoms with Gasteiger partial charge in [0, 0.05) is 13.6 Å². The molecule has 0 aromatic heterocycles. The molecule has 130 valence electrons. The average Bonchev–Trinajstić information content (AvgIpc) is 2.72. The minimum Gasteiger partial charge on any atom is -0.355 e. The standard InChI is InChI=1S/C17H29N3O3/c1-3-4-5-9-12-18-14(21)13-20-15(22)17(19(2)16(20)23)10-7-6-8-11-17/h3-13H2,1-2H3,(H,18,21). The minimum absolute atomic E-state index is 0.155. The first-order valence-electron chi connectivity index (χ1n) is 8.89. The van der Waals surface area contributed by atoms with Gasteiger partial charge in [-0.15, -0.1) is 0 Å². The summed E-state index contributed by atoms with van der Waals surface area (Å²) in [6.45, 7) is 2.59. The molecule has 2 fully saturated rings. The number of hydrogen-bond acceptors (Lipinski definition) is 3. The lowest BCUT2D eigenvalue weighted by atomic mass is 9.81. The first kappa shape index (κ1) is 17.8. The number of nitrogens with zero attached hydrogens (tertiary/aromatic N) is 2. The molecule has 2 aliphatic rings. The van der Waals surface area contributed by atoms with Crippen molar-refractivity contribution in [3.63, 3.8) is 0 Å². The van der Waals surface area contributed by atoms with Gasteiger partial charge in [-0.2, -0.15) is 0 Å². The molecular formula is C17H29N3O3. The van der Waals surface area contributed by atoms with E-state index in [2.05, 4.69) is 12.2 Å². The first-order chi connectivity index (χ1) is 11.0. The second-order valence-electron chi connectivity index (χ2n) is 6.74. The normalized spacial score (nSPS) is 20.4. The molecule has 0 unspecified atom stereocenters. The Kier molecular flexibility index (Phi) is 6.02. The number of likely N-dealkylation sites (N-methyl/N-ethyl adjacent to an activating group) is 1. The van der Waals surface area contributed by atoms with Crippen molar-refractivity contribution < 1.29 is 14.4 Å². The monoisotopic (exact) mass is 323 g/mol. The summed E-state index contributed by atoms with van der Waals surface area (Å²) in [5, 5.41) is 2.81. The minimum atomic E-state index is -0.698. The van der Waals surface area contributed by atoms with Crippen LogP contribution in [0.15, 0.2) is 0 Å². The molecule has 1 saturated heterocycles. The summed E-state index contributed by atoms with van der Waals surface area (Å²) >= 11 is 0. The number of rotatable bonds is 7. The maximum Gasteiger partial charge on any atom is 0.327 e. The molecule has 1 aliphatic heterocycles. The van der Waals surface area contributed by atoms with E-state index in [1.807, 2.05) is 0 Å². The van der Waals surface area contributed by atoms with E-state index in [9.17, 15) is 14.4 Å². The van der Waals surface area contributed by atoms with E-state index < -0.39 is 5.54 Å². The zero-order valence-corrected chi connectivity index (χ0v) is 14.4. The van der Waals surface area contributed by atoms with Crippen molar-refractivity contribution in [3.8, 4) is 0 Å². The summed E-state index contributed by atoms with van der Waals surface area (Å²) in [5.74, 6) is -0.435. The van der Waals surface area contributed by atoms with Gasteiger partial charge in [0.2, 0.25) is 5.91 Å². The van der Waals surface area contributed by atoms with Gasteiger partial charge in [0.15, 0.2) is 0 Å². The lowest BCUT2D eigenvalue weighted by Gasteiger charge is -2.35. The number of unbranched alkanes of at least 4 members (excludes halogenated alkanes) is 3. The molecule has 0 aromatic carbocycles. The van der Waals surface area contributed by atoms with Crippen LogP contribution in [-0.4, -0.2) is 53.3 Å². The zero-order valence-electron chi connectivity index (χ0n) is 14.4. The third-order valence-electron chi connectivity index (χ3n) is 5.14. The van der Waals surface area contributed by atoms with Crippen LogP contribution < -0.4 is 5.32 Å². The van der Waals surface area contributed by atoms with E-state index in [1.165, 1.54) is 0 Å². The van der Waals surface area contributed by atoms with Gasteiger partial charge in [-0.05, 0) is 19.3 Å². The Morgan fingerprint density at radius 3 is 2.48 bits per heavy atom. The van der Waals surface area contributed by atoms with Crippen molar-refractivity contribution in [3.05, 3.63) is 0 Å². The summed E-state index contributed by atoms with van der Waals surface area (Å²) in [4.78, 5) is 39.8. The van der Waals surface area contributed by atoms with Gasteiger partial charge in [0.05, 0.1) is 0 Å². The van der Waals surface area contributed by atoms with Crippen LogP contribution in [0.2, 0.25) is 0 Å². The van der Waals surface area contributed by atoms with Gasteiger partial charge >= 0.3 is 6.03 Å². The van der Waals surface area contributed by atoms with E-state index in [1.54, 1.807) is 11.9 Å². The molecule has 1 saturated carbocycles. The van der Waals surface area contributed by atoms with Crippen molar-refractivity contribution >= 4 is 17.8 Å². The van der Waals surface area contributed by atoms with Gasteiger partial charge in [0.1, 0.15) is 12.1 Å². The lowest BCUT2D eigenvalue weighted by molar-refractivity contribution is -0.137. The van der Waals surface area contributed by atoms with E-state index in [0.717, 1.165) is 49.8 Å². The molecule has 0 bridgehead atoms. The summed E-state index contributed by atoms with van der Waals surface area (Å²) in [5.41, 5.74) is -0.698. The number of amides is 4. The van der Waals surface area contributed by atoms with E-state index in [4.69, 9.17) is 0 Å². The number of nitrogens with one attached hydrogen (secondary N) is 1. The molecule has 23 heavy (non-hydrogen) atoms. The van der Waals surface area contributed by atoms with Gasteiger partial charge < -0.3 is 10.2 Å². The van der Waals surface area contributed by atoms with Gasteiger partial charge in [0.25, 0.3) is 5.91 Å². The summed E-state index contributed by atoms with van der Waals surface area (Å²) in [6.07, 6.45) is 8.78. The predicted molar refractivity (Wildman–Crippen MR) is 87.8 cm³/mol. The molecule has 6 nitrogen and oxygen atoms in total. The van der Waals surface area contributed by atoms with Crippen LogP contribution in [0, 0.1) is 0 Å². The number of urea groups is 1. The Morgan fingerprint density at radius 2 is 1.83 bits per heavy atom. The van der Waals surface area contributed by atoms with E-state index in [-0.39, 0.29) is 24.4 Å². The summed E-state index contributed by atoms with van der Waals surface area (Å²) in [6, 6.07) is -0.335. The van der Waals surface area contributed by atoms with E-state index >= 15 is 0 Å². The SMILES string of the molecule is CCCCCCNC(=O)CN1C(=O)N(C)C2(CCCCC2)C1=O. The Labute approximate surface area is 138 Å². The topological polar surface area (TPSA) is 69.7 Å². The van der Waals surface area contributed by atoms with Crippen LogP contribution in [0.1, 0.15) is 64.7 Å². The quantitative estimate of drug-likeness (QED) is 0.577. The number of imide groups is 1. The van der Waals surface area contributed by atoms with Crippen LogP contribution >= 0.6 is 0 Å². The second-order valence-corrected chi connectivity index (χ2v) is 6.74. The van der Waals surface area contributed by atoms with Crippen molar-refractivity contribution in [2.75, 3.05) is 20.1 Å². The molecule has 1 spiro atoms. The summed E-state index contributed by atoms with van der Waals surface area (Å²) in [7, 11) is 1.69. The maximum atomic E-state index is 12.7. The van der Waals surface area contributed by atoms with Crippen molar-refractivity contribution in [1.82, 2.24) is 15.1 Å². The fraction of sp³-hybridized carbons (Fsp3) is 0.824. The van der Waals surface area contributed by atoms with Gasteiger partial charge in [-0.3, -0.25) is 14.5 Å². The van der Waals surface area contributed by atoms with Crippen LogP contribution in [0.3, 0.4) is 0 Å². The van der Waals surface area contributed by atoms with Gasteiger partial charge in [-0.1, -0.05) is 45.4 Å².